The minimum atomic E-state index is 0.325. The number of amidine groups is 1. The van der Waals surface area contributed by atoms with Gasteiger partial charge in [0.2, 0.25) is 0 Å². The third-order valence-corrected chi connectivity index (χ3v) is 2.77. The fraction of sp³-hybridized carbons (Fsp3) is 0.900. The van der Waals surface area contributed by atoms with Crippen molar-refractivity contribution in [3.63, 3.8) is 0 Å². The number of nitrogens with one attached hydrogen (secondary N) is 1. The Balaban J connectivity index is 2.29. The zero-order valence-corrected chi connectivity index (χ0v) is 8.55. The predicted molar refractivity (Wildman–Crippen MR) is 56.0 cm³/mol. The molecule has 0 amide bonds. The van der Waals surface area contributed by atoms with Gasteiger partial charge in [0.05, 0.1) is 5.84 Å². The van der Waals surface area contributed by atoms with Crippen molar-refractivity contribution in [2.24, 2.45) is 11.7 Å². The minimum Gasteiger partial charge on any atom is -0.387 e. The molecule has 1 saturated heterocycles. The van der Waals surface area contributed by atoms with Crippen molar-refractivity contribution in [2.45, 2.75) is 32.6 Å². The van der Waals surface area contributed by atoms with Gasteiger partial charge in [-0.3, -0.25) is 5.41 Å². The molecule has 0 aromatic carbocycles. The molecular formula is C10H21N3. The van der Waals surface area contributed by atoms with Crippen molar-refractivity contribution in [2.75, 3.05) is 19.6 Å². The van der Waals surface area contributed by atoms with Crippen molar-refractivity contribution in [3.8, 4) is 0 Å². The first-order valence-electron chi connectivity index (χ1n) is 5.30. The number of rotatable bonds is 4. The van der Waals surface area contributed by atoms with E-state index >= 15 is 0 Å². The highest BCUT2D eigenvalue weighted by molar-refractivity contribution is 5.79. The molecule has 76 valence electrons. The van der Waals surface area contributed by atoms with Gasteiger partial charge in [0.15, 0.2) is 0 Å². The van der Waals surface area contributed by atoms with Gasteiger partial charge in [-0.25, -0.2) is 0 Å². The number of likely N-dealkylation sites (tertiary alicyclic amines) is 1. The van der Waals surface area contributed by atoms with Crippen LogP contribution in [0.25, 0.3) is 0 Å². The van der Waals surface area contributed by atoms with Gasteiger partial charge in [0, 0.05) is 12.5 Å². The van der Waals surface area contributed by atoms with Crippen LogP contribution in [0.2, 0.25) is 0 Å². The van der Waals surface area contributed by atoms with Crippen LogP contribution in [0.15, 0.2) is 0 Å². The van der Waals surface area contributed by atoms with E-state index in [4.69, 9.17) is 11.1 Å². The van der Waals surface area contributed by atoms with E-state index in [1.54, 1.807) is 0 Å². The number of unbranched alkanes of at least 4 members (excludes halogenated alkanes) is 1. The maximum absolute atomic E-state index is 7.41. The molecule has 0 saturated carbocycles. The van der Waals surface area contributed by atoms with E-state index in [1.165, 1.54) is 32.4 Å². The zero-order valence-electron chi connectivity index (χ0n) is 8.55. The van der Waals surface area contributed by atoms with E-state index in [-0.39, 0.29) is 0 Å². The Labute approximate surface area is 80.8 Å². The van der Waals surface area contributed by atoms with Crippen molar-refractivity contribution in [1.29, 1.82) is 5.41 Å². The number of hydrogen-bond donors (Lipinski definition) is 2. The Bertz CT molecular complexity index is 168. The summed E-state index contributed by atoms with van der Waals surface area (Å²) < 4.78 is 0. The quantitative estimate of drug-likeness (QED) is 0.512. The van der Waals surface area contributed by atoms with Crippen LogP contribution in [-0.2, 0) is 0 Å². The number of nitrogens with zero attached hydrogens (tertiary/aromatic N) is 1. The molecule has 1 heterocycles. The number of piperidine rings is 1. The molecule has 0 radical (unpaired) electrons. The Morgan fingerprint density at radius 3 is 3.00 bits per heavy atom. The summed E-state index contributed by atoms with van der Waals surface area (Å²) in [6.45, 7) is 5.60. The summed E-state index contributed by atoms with van der Waals surface area (Å²) >= 11 is 0. The van der Waals surface area contributed by atoms with Crippen LogP contribution >= 0.6 is 0 Å². The van der Waals surface area contributed by atoms with Crippen molar-refractivity contribution in [3.05, 3.63) is 0 Å². The average Bonchev–Trinajstić information content (AvgIpc) is 2.15. The van der Waals surface area contributed by atoms with Gasteiger partial charge < -0.3 is 10.6 Å². The summed E-state index contributed by atoms with van der Waals surface area (Å²) in [5, 5.41) is 7.41. The summed E-state index contributed by atoms with van der Waals surface area (Å²) in [6.07, 6.45) is 4.83. The molecule has 0 spiro atoms. The predicted octanol–water partition coefficient (Wildman–Crippen LogP) is 1.43. The van der Waals surface area contributed by atoms with Gasteiger partial charge >= 0.3 is 0 Å². The summed E-state index contributed by atoms with van der Waals surface area (Å²) in [7, 11) is 0. The van der Waals surface area contributed by atoms with Gasteiger partial charge in [0.25, 0.3) is 0 Å². The van der Waals surface area contributed by atoms with E-state index in [2.05, 4.69) is 11.8 Å². The SMILES string of the molecule is CCCCN1CCCC(C(=N)N)C1. The van der Waals surface area contributed by atoms with Crippen LogP contribution < -0.4 is 5.73 Å². The van der Waals surface area contributed by atoms with Crippen molar-refractivity contribution < 1.29 is 0 Å². The summed E-state index contributed by atoms with van der Waals surface area (Å²) in [5.74, 6) is 0.701. The van der Waals surface area contributed by atoms with Crippen LogP contribution in [0.4, 0.5) is 0 Å². The fourth-order valence-electron chi connectivity index (χ4n) is 1.89. The lowest BCUT2D eigenvalue weighted by Crippen LogP contribution is -2.41. The van der Waals surface area contributed by atoms with Crippen LogP contribution in [-0.4, -0.2) is 30.4 Å². The molecule has 3 nitrogen and oxygen atoms in total. The smallest absolute Gasteiger partial charge is 0.0949 e. The summed E-state index contributed by atoms with van der Waals surface area (Å²) in [6, 6.07) is 0. The molecule has 0 aromatic rings. The fourth-order valence-corrected chi connectivity index (χ4v) is 1.89. The second-order valence-electron chi connectivity index (χ2n) is 3.95. The Hall–Kier alpha value is -0.570. The first kappa shape index (κ1) is 10.5. The molecule has 13 heavy (non-hydrogen) atoms. The Kier molecular flexibility index (Phi) is 4.22. The van der Waals surface area contributed by atoms with Crippen molar-refractivity contribution >= 4 is 5.84 Å². The van der Waals surface area contributed by atoms with Crippen LogP contribution in [0.3, 0.4) is 0 Å². The van der Waals surface area contributed by atoms with Gasteiger partial charge in [-0.05, 0) is 32.4 Å². The molecule has 1 fully saturated rings. The highest BCUT2D eigenvalue weighted by Crippen LogP contribution is 2.16. The number of nitrogens with two attached hydrogens (primary N) is 1. The third kappa shape index (κ3) is 3.35. The van der Waals surface area contributed by atoms with Gasteiger partial charge in [-0.1, -0.05) is 13.3 Å². The molecule has 1 aliphatic heterocycles. The first-order chi connectivity index (χ1) is 6.24. The highest BCUT2D eigenvalue weighted by atomic mass is 15.1. The highest BCUT2D eigenvalue weighted by Gasteiger charge is 2.20. The van der Waals surface area contributed by atoms with E-state index in [1.807, 2.05) is 0 Å². The molecule has 3 heteroatoms. The lowest BCUT2D eigenvalue weighted by Gasteiger charge is -2.31. The van der Waals surface area contributed by atoms with Crippen LogP contribution in [0, 0.1) is 11.3 Å². The maximum Gasteiger partial charge on any atom is 0.0949 e. The van der Waals surface area contributed by atoms with Gasteiger partial charge in [-0.2, -0.15) is 0 Å². The Morgan fingerprint density at radius 1 is 1.62 bits per heavy atom. The van der Waals surface area contributed by atoms with Crippen LogP contribution in [0.5, 0.6) is 0 Å². The lowest BCUT2D eigenvalue weighted by atomic mass is 9.97. The molecule has 1 aliphatic rings. The zero-order chi connectivity index (χ0) is 9.68. The summed E-state index contributed by atoms with van der Waals surface area (Å²) in [4.78, 5) is 2.44. The molecule has 0 aromatic heterocycles. The molecule has 3 N–H and O–H groups in total. The largest absolute Gasteiger partial charge is 0.387 e. The molecule has 0 bridgehead atoms. The second-order valence-corrected chi connectivity index (χ2v) is 3.95. The van der Waals surface area contributed by atoms with E-state index in [9.17, 15) is 0 Å². The van der Waals surface area contributed by atoms with Crippen molar-refractivity contribution in [1.82, 2.24) is 4.90 Å². The standard InChI is InChI=1S/C10H21N3/c1-2-3-6-13-7-4-5-9(8-13)10(11)12/h9H,2-8H2,1H3,(H3,11,12). The Morgan fingerprint density at radius 2 is 2.38 bits per heavy atom. The maximum atomic E-state index is 7.41. The van der Waals surface area contributed by atoms with Gasteiger partial charge in [0.1, 0.15) is 0 Å². The van der Waals surface area contributed by atoms with E-state index < -0.39 is 0 Å². The topological polar surface area (TPSA) is 53.1 Å². The minimum absolute atomic E-state index is 0.325. The average molecular weight is 183 g/mol. The normalized spacial score (nSPS) is 24.5. The van der Waals surface area contributed by atoms with E-state index in [0.29, 0.717) is 11.8 Å². The molecular weight excluding hydrogens is 162 g/mol. The van der Waals surface area contributed by atoms with E-state index in [0.717, 1.165) is 13.0 Å². The third-order valence-electron chi connectivity index (χ3n) is 2.77. The molecule has 1 rings (SSSR count). The molecule has 0 aliphatic carbocycles. The van der Waals surface area contributed by atoms with Gasteiger partial charge in [-0.15, -0.1) is 0 Å². The number of hydrogen-bond acceptors (Lipinski definition) is 2. The van der Waals surface area contributed by atoms with Crippen LogP contribution in [0.1, 0.15) is 32.6 Å². The second kappa shape index (κ2) is 5.22. The summed E-state index contributed by atoms with van der Waals surface area (Å²) in [5.41, 5.74) is 5.51. The molecule has 1 unspecified atom stereocenters. The lowest BCUT2D eigenvalue weighted by molar-refractivity contribution is 0.201. The first-order valence-corrected chi connectivity index (χ1v) is 5.30. The monoisotopic (exact) mass is 183 g/mol. The molecule has 1 atom stereocenters.